The average Bonchev–Trinajstić information content (AvgIpc) is 2.86. The minimum absolute atomic E-state index is 0.0260. The molecule has 6 nitrogen and oxygen atoms in total. The second-order valence-corrected chi connectivity index (χ2v) is 10.3. The number of methoxy groups -OCH3 is 2. The SMILES string of the molecule is COc1cc(C(c2ccc(O)c(OC)c2)P2(=O)Oc3ccccc3-c3ccccc32)ccc1O. The van der Waals surface area contributed by atoms with Crippen LogP contribution in [0.4, 0.5) is 0 Å². The fourth-order valence-corrected chi connectivity index (χ4v) is 7.31. The van der Waals surface area contributed by atoms with Gasteiger partial charge in [-0.2, -0.15) is 0 Å². The van der Waals surface area contributed by atoms with Crippen LogP contribution in [0, 0.1) is 0 Å². The highest BCUT2D eigenvalue weighted by molar-refractivity contribution is 7.68. The molecular formula is C27H23O6P. The number of benzene rings is 4. The highest BCUT2D eigenvalue weighted by Gasteiger charge is 2.45. The Labute approximate surface area is 197 Å². The summed E-state index contributed by atoms with van der Waals surface area (Å²) in [4.78, 5) is 0. The maximum Gasteiger partial charge on any atom is 0.289 e. The summed E-state index contributed by atoms with van der Waals surface area (Å²) < 4.78 is 32.1. The van der Waals surface area contributed by atoms with Gasteiger partial charge in [-0.15, -0.1) is 0 Å². The summed E-state index contributed by atoms with van der Waals surface area (Å²) in [6.07, 6.45) is 0. The van der Waals surface area contributed by atoms with E-state index < -0.39 is 13.0 Å². The average molecular weight is 474 g/mol. The number of phenolic OH excluding ortho intramolecular Hbond substituents is 2. The summed E-state index contributed by atoms with van der Waals surface area (Å²) in [5.74, 6) is 0.992. The minimum Gasteiger partial charge on any atom is -0.504 e. The van der Waals surface area contributed by atoms with Crippen molar-refractivity contribution >= 4 is 12.7 Å². The molecule has 0 amide bonds. The Hall–Kier alpha value is -3.89. The minimum atomic E-state index is -3.65. The summed E-state index contributed by atoms with van der Waals surface area (Å²) in [5.41, 5.74) is 2.19. The van der Waals surface area contributed by atoms with E-state index in [1.807, 2.05) is 48.5 Å². The highest BCUT2D eigenvalue weighted by Crippen LogP contribution is 2.66. The van der Waals surface area contributed by atoms with Crippen LogP contribution >= 0.6 is 7.37 Å². The second-order valence-electron chi connectivity index (χ2n) is 7.97. The van der Waals surface area contributed by atoms with Gasteiger partial charge in [0.15, 0.2) is 23.0 Å². The van der Waals surface area contributed by atoms with E-state index in [0.29, 0.717) is 22.2 Å². The molecule has 7 heteroatoms. The Kier molecular flexibility index (Phi) is 5.46. The summed E-state index contributed by atoms with van der Waals surface area (Å²) in [6.45, 7) is 0. The van der Waals surface area contributed by atoms with Gasteiger partial charge in [-0.05, 0) is 53.1 Å². The van der Waals surface area contributed by atoms with Crippen LogP contribution in [-0.4, -0.2) is 24.4 Å². The molecule has 1 unspecified atom stereocenters. The number of hydrogen-bond donors (Lipinski definition) is 2. The summed E-state index contributed by atoms with van der Waals surface area (Å²) in [6, 6.07) is 24.8. The van der Waals surface area contributed by atoms with Gasteiger partial charge >= 0.3 is 0 Å². The lowest BCUT2D eigenvalue weighted by Gasteiger charge is -2.34. The van der Waals surface area contributed by atoms with Crippen molar-refractivity contribution in [3.63, 3.8) is 0 Å². The Morgan fingerprint density at radius 2 is 1.26 bits per heavy atom. The van der Waals surface area contributed by atoms with Crippen molar-refractivity contribution in [2.75, 3.05) is 14.2 Å². The van der Waals surface area contributed by atoms with Crippen LogP contribution in [0.5, 0.6) is 28.7 Å². The van der Waals surface area contributed by atoms with E-state index in [-0.39, 0.29) is 23.0 Å². The van der Waals surface area contributed by atoms with Gasteiger partial charge < -0.3 is 24.2 Å². The molecule has 0 saturated heterocycles. The van der Waals surface area contributed by atoms with E-state index >= 15 is 4.57 Å². The molecule has 4 aromatic carbocycles. The third kappa shape index (κ3) is 3.47. The molecule has 1 heterocycles. The molecule has 0 radical (unpaired) electrons. The highest BCUT2D eigenvalue weighted by atomic mass is 31.2. The maximum absolute atomic E-state index is 15.1. The molecule has 34 heavy (non-hydrogen) atoms. The molecule has 0 saturated carbocycles. The van der Waals surface area contributed by atoms with Gasteiger partial charge in [0, 0.05) is 5.56 Å². The van der Waals surface area contributed by atoms with E-state index in [2.05, 4.69) is 0 Å². The lowest BCUT2D eigenvalue weighted by atomic mass is 10.0. The lowest BCUT2D eigenvalue weighted by molar-refractivity contribution is 0.372. The van der Waals surface area contributed by atoms with Crippen LogP contribution in [0.25, 0.3) is 11.1 Å². The monoisotopic (exact) mass is 474 g/mol. The second kappa shape index (κ2) is 8.47. The third-order valence-electron chi connectivity index (χ3n) is 6.03. The molecule has 1 aliphatic heterocycles. The molecule has 4 aromatic rings. The fraction of sp³-hybridized carbons (Fsp3) is 0.111. The van der Waals surface area contributed by atoms with Gasteiger partial charge in [0.1, 0.15) is 11.4 Å². The molecule has 0 bridgehead atoms. The zero-order valence-electron chi connectivity index (χ0n) is 18.6. The third-order valence-corrected chi connectivity index (χ3v) is 8.84. The molecule has 2 N–H and O–H groups in total. The van der Waals surface area contributed by atoms with E-state index in [1.54, 1.807) is 24.3 Å². The van der Waals surface area contributed by atoms with Crippen LogP contribution in [0.15, 0.2) is 84.9 Å². The van der Waals surface area contributed by atoms with Gasteiger partial charge in [-0.3, -0.25) is 4.57 Å². The van der Waals surface area contributed by atoms with Gasteiger partial charge in [-0.1, -0.05) is 48.5 Å². The molecular weight excluding hydrogens is 451 g/mol. The molecule has 0 aromatic heterocycles. The van der Waals surface area contributed by atoms with Crippen molar-refractivity contribution in [1.82, 2.24) is 0 Å². The topological polar surface area (TPSA) is 85.2 Å². The first-order chi connectivity index (χ1) is 16.5. The molecule has 0 fully saturated rings. The number of para-hydroxylation sites is 1. The predicted octanol–water partition coefficient (Wildman–Crippen LogP) is 5.87. The van der Waals surface area contributed by atoms with Gasteiger partial charge in [0.25, 0.3) is 7.37 Å². The lowest BCUT2D eigenvalue weighted by Crippen LogP contribution is -2.23. The zero-order chi connectivity index (χ0) is 23.9. The summed E-state index contributed by atoms with van der Waals surface area (Å²) >= 11 is 0. The maximum atomic E-state index is 15.1. The van der Waals surface area contributed by atoms with Crippen LogP contribution in [0.3, 0.4) is 0 Å². The number of hydrogen-bond acceptors (Lipinski definition) is 6. The van der Waals surface area contributed by atoms with Gasteiger partial charge in [0.2, 0.25) is 0 Å². The largest absolute Gasteiger partial charge is 0.504 e. The van der Waals surface area contributed by atoms with E-state index in [0.717, 1.165) is 11.1 Å². The Bertz CT molecular complexity index is 1380. The van der Waals surface area contributed by atoms with Crippen LogP contribution in [0.2, 0.25) is 0 Å². The Morgan fingerprint density at radius 1 is 0.735 bits per heavy atom. The van der Waals surface area contributed by atoms with E-state index in [4.69, 9.17) is 14.0 Å². The first-order valence-electron chi connectivity index (χ1n) is 10.7. The first kappa shape index (κ1) is 21.9. The van der Waals surface area contributed by atoms with Crippen molar-refractivity contribution in [2.45, 2.75) is 5.66 Å². The van der Waals surface area contributed by atoms with Crippen LogP contribution in [0.1, 0.15) is 16.8 Å². The van der Waals surface area contributed by atoms with Crippen molar-refractivity contribution in [3.05, 3.63) is 96.1 Å². The van der Waals surface area contributed by atoms with Crippen molar-refractivity contribution in [2.24, 2.45) is 0 Å². The van der Waals surface area contributed by atoms with Gasteiger partial charge in [-0.25, -0.2) is 0 Å². The predicted molar refractivity (Wildman–Crippen MR) is 131 cm³/mol. The van der Waals surface area contributed by atoms with Gasteiger partial charge in [0.05, 0.1) is 19.5 Å². The number of fused-ring (bicyclic) bond motifs is 3. The molecule has 5 rings (SSSR count). The summed E-state index contributed by atoms with van der Waals surface area (Å²) in [5, 5.41) is 21.0. The van der Waals surface area contributed by atoms with E-state index in [1.165, 1.54) is 26.4 Å². The molecule has 0 spiro atoms. The first-order valence-corrected chi connectivity index (χ1v) is 12.4. The standard InChI is InChI=1S/C27H23O6P/c1-31-24-15-17(11-13-21(24)28)27(18-12-14-22(29)25(16-18)32-2)34(30)26-10-6-4-8-20(26)19-7-3-5-9-23(19)33-34/h3-16,27-29H,1-2H3. The van der Waals surface area contributed by atoms with Crippen molar-refractivity contribution < 1.29 is 28.8 Å². The number of rotatable bonds is 5. The molecule has 1 aliphatic rings. The smallest absolute Gasteiger partial charge is 0.289 e. The molecule has 0 aliphatic carbocycles. The summed E-state index contributed by atoms with van der Waals surface area (Å²) in [7, 11) is -0.734. The fourth-order valence-electron chi connectivity index (χ4n) is 4.44. The van der Waals surface area contributed by atoms with E-state index in [9.17, 15) is 10.2 Å². The van der Waals surface area contributed by atoms with Crippen LogP contribution in [-0.2, 0) is 4.57 Å². The van der Waals surface area contributed by atoms with Crippen LogP contribution < -0.4 is 19.3 Å². The molecule has 172 valence electrons. The Balaban J connectivity index is 1.80. The number of phenols is 2. The van der Waals surface area contributed by atoms with Crippen molar-refractivity contribution in [1.29, 1.82) is 0 Å². The molecule has 1 atom stereocenters. The zero-order valence-corrected chi connectivity index (χ0v) is 19.5. The normalized spacial score (nSPS) is 16.3. The number of ether oxygens (including phenoxy) is 2. The Morgan fingerprint density at radius 3 is 1.85 bits per heavy atom. The number of aromatic hydroxyl groups is 2. The quantitative estimate of drug-likeness (QED) is 0.352. The van der Waals surface area contributed by atoms with Crippen molar-refractivity contribution in [3.8, 4) is 39.9 Å².